The number of rotatable bonds is 2. The third kappa shape index (κ3) is 2.93. The number of allylic oxidation sites excluding steroid dienone is 2. The van der Waals surface area contributed by atoms with Gasteiger partial charge in [0, 0.05) is 13.0 Å². The Balaban J connectivity index is 0.000000880. The molecule has 2 heteroatoms. The third-order valence-corrected chi connectivity index (χ3v) is 8.71. The minimum atomic E-state index is 0.257. The van der Waals surface area contributed by atoms with Crippen molar-refractivity contribution >= 4 is 5.78 Å². The van der Waals surface area contributed by atoms with Crippen LogP contribution in [-0.2, 0) is 4.79 Å². The van der Waals surface area contributed by atoms with Gasteiger partial charge in [-0.05, 0) is 91.4 Å². The van der Waals surface area contributed by atoms with Crippen molar-refractivity contribution < 1.29 is 9.90 Å². The summed E-state index contributed by atoms with van der Waals surface area (Å²) in [6, 6.07) is 0. The van der Waals surface area contributed by atoms with Gasteiger partial charge in [-0.3, -0.25) is 4.79 Å². The number of carbonyl (C=O) groups is 1. The van der Waals surface area contributed by atoms with Crippen LogP contribution in [0.5, 0.6) is 0 Å². The summed E-state index contributed by atoms with van der Waals surface area (Å²) in [6.07, 6.45) is 13.9. The number of aliphatic hydroxyl groups is 1. The number of carbonyl (C=O) groups excluding carboxylic acids is 1. The summed E-state index contributed by atoms with van der Waals surface area (Å²) in [5, 5.41) is 9.44. The van der Waals surface area contributed by atoms with Crippen LogP contribution in [-0.4, -0.2) is 17.5 Å². The molecule has 0 saturated heterocycles. The van der Waals surface area contributed by atoms with Crippen molar-refractivity contribution in [2.75, 3.05) is 6.61 Å². The molecule has 3 saturated carbocycles. The molecule has 0 bridgehead atoms. The zero-order valence-corrected chi connectivity index (χ0v) is 16.8. The van der Waals surface area contributed by atoms with E-state index in [1.54, 1.807) is 0 Å². The second kappa shape index (κ2) is 7.18. The minimum Gasteiger partial charge on any atom is -0.396 e. The molecule has 3 fully saturated rings. The Kier molecular flexibility index (Phi) is 5.49. The smallest absolute Gasteiger partial charge is 0.155 e. The molecular weight excluding hydrogens is 308 g/mol. The molecule has 2 nitrogen and oxygen atoms in total. The molecule has 0 radical (unpaired) electrons. The second-order valence-electron chi connectivity index (χ2n) is 9.35. The molecular formula is C23H38O2. The van der Waals surface area contributed by atoms with Gasteiger partial charge >= 0.3 is 0 Å². The normalized spacial score (nSPS) is 48.0. The molecule has 1 N–H and O–H groups in total. The average molecular weight is 347 g/mol. The average Bonchev–Trinajstić information content (AvgIpc) is 2.94. The highest BCUT2D eigenvalue weighted by Gasteiger charge is 2.59. The first-order chi connectivity index (χ1) is 12.0. The van der Waals surface area contributed by atoms with Crippen molar-refractivity contribution in [3.05, 3.63) is 12.2 Å². The van der Waals surface area contributed by atoms with E-state index in [1.807, 2.05) is 19.9 Å². The van der Waals surface area contributed by atoms with E-state index in [1.165, 1.54) is 38.5 Å². The summed E-state index contributed by atoms with van der Waals surface area (Å²) >= 11 is 0. The topological polar surface area (TPSA) is 37.3 Å². The van der Waals surface area contributed by atoms with Crippen LogP contribution in [0.15, 0.2) is 12.2 Å². The fraction of sp³-hybridized carbons (Fsp3) is 0.870. The summed E-state index contributed by atoms with van der Waals surface area (Å²) < 4.78 is 0. The van der Waals surface area contributed by atoms with Gasteiger partial charge in [-0.1, -0.05) is 33.8 Å². The molecule has 4 aliphatic rings. The van der Waals surface area contributed by atoms with Crippen LogP contribution in [0.1, 0.15) is 79.1 Å². The zero-order chi connectivity index (χ0) is 18.2. The fourth-order valence-electron chi connectivity index (χ4n) is 7.37. The molecule has 142 valence electrons. The second-order valence-corrected chi connectivity index (χ2v) is 9.35. The van der Waals surface area contributed by atoms with Crippen molar-refractivity contribution in [1.82, 2.24) is 0 Å². The summed E-state index contributed by atoms with van der Waals surface area (Å²) in [5.74, 6) is 4.12. The van der Waals surface area contributed by atoms with E-state index in [0.29, 0.717) is 23.7 Å². The highest BCUT2D eigenvalue weighted by atomic mass is 16.3. The number of hydrogen-bond donors (Lipinski definition) is 1. The largest absolute Gasteiger partial charge is 0.396 e. The summed E-state index contributed by atoms with van der Waals surface area (Å²) in [4.78, 5) is 11.9. The monoisotopic (exact) mass is 346 g/mol. The van der Waals surface area contributed by atoms with E-state index in [-0.39, 0.29) is 5.41 Å². The molecule has 0 amide bonds. The first kappa shape index (κ1) is 19.1. The molecule has 0 aromatic carbocycles. The van der Waals surface area contributed by atoms with Gasteiger partial charge in [0.1, 0.15) is 0 Å². The Bertz CT molecular complexity index is 524. The molecule has 0 aromatic rings. The third-order valence-electron chi connectivity index (χ3n) is 8.71. The van der Waals surface area contributed by atoms with E-state index in [0.717, 1.165) is 36.5 Å². The van der Waals surface area contributed by atoms with E-state index in [4.69, 9.17) is 0 Å². The maximum Gasteiger partial charge on any atom is 0.155 e. The molecule has 25 heavy (non-hydrogen) atoms. The number of ketones is 1. The van der Waals surface area contributed by atoms with Crippen LogP contribution in [0, 0.1) is 40.4 Å². The Hall–Kier alpha value is -0.630. The van der Waals surface area contributed by atoms with Crippen LogP contribution < -0.4 is 0 Å². The van der Waals surface area contributed by atoms with Crippen molar-refractivity contribution in [2.45, 2.75) is 79.1 Å². The predicted molar refractivity (Wildman–Crippen MR) is 103 cm³/mol. The van der Waals surface area contributed by atoms with E-state index < -0.39 is 0 Å². The van der Waals surface area contributed by atoms with Gasteiger partial charge in [-0.15, -0.1) is 0 Å². The molecule has 4 rings (SSSR count). The van der Waals surface area contributed by atoms with Gasteiger partial charge in [0.15, 0.2) is 5.78 Å². The summed E-state index contributed by atoms with van der Waals surface area (Å²) in [7, 11) is 0. The molecule has 0 aliphatic heterocycles. The maximum absolute atomic E-state index is 11.9. The first-order valence-corrected chi connectivity index (χ1v) is 10.8. The molecule has 0 heterocycles. The Morgan fingerprint density at radius 2 is 1.84 bits per heavy atom. The quantitative estimate of drug-likeness (QED) is 0.727. The molecule has 0 spiro atoms. The van der Waals surface area contributed by atoms with Crippen molar-refractivity contribution in [3.63, 3.8) is 0 Å². The molecule has 4 unspecified atom stereocenters. The van der Waals surface area contributed by atoms with Gasteiger partial charge in [-0.25, -0.2) is 0 Å². The number of fused-ring (bicyclic) bond motifs is 5. The Morgan fingerprint density at radius 3 is 2.56 bits per heavy atom. The van der Waals surface area contributed by atoms with Gasteiger partial charge in [0.25, 0.3) is 0 Å². The van der Waals surface area contributed by atoms with Crippen LogP contribution in [0.2, 0.25) is 0 Å². The highest BCUT2D eigenvalue weighted by Crippen LogP contribution is 2.66. The lowest BCUT2D eigenvalue weighted by molar-refractivity contribution is -0.122. The van der Waals surface area contributed by atoms with Crippen LogP contribution >= 0.6 is 0 Å². The maximum atomic E-state index is 11.9. The summed E-state index contributed by atoms with van der Waals surface area (Å²) in [6.45, 7) is 9.32. The number of hydrogen-bond acceptors (Lipinski definition) is 2. The fourth-order valence-corrected chi connectivity index (χ4v) is 7.37. The van der Waals surface area contributed by atoms with E-state index in [9.17, 15) is 9.90 Å². The van der Waals surface area contributed by atoms with Crippen LogP contribution in [0.4, 0.5) is 0 Å². The van der Waals surface area contributed by atoms with Crippen molar-refractivity contribution in [3.8, 4) is 0 Å². The first-order valence-electron chi connectivity index (χ1n) is 10.8. The zero-order valence-electron chi connectivity index (χ0n) is 16.8. The minimum absolute atomic E-state index is 0.257. The predicted octanol–water partition coefficient (Wildman–Crippen LogP) is 5.40. The lowest BCUT2D eigenvalue weighted by Crippen LogP contribution is -2.52. The standard InChI is InChI=1S/C21H32O2.C2H6/c1-20-11-8-19-17(18(20)6-4-14(20)9-12-22)5-3-15-13-16(23)7-10-21(15,19)2;1-2/h7,10,14-15,17-19,22H,3-6,8-9,11-13H2,1-2H3;1-2H3/t14-,15?,17?,18?,19?,20-,21+;/m1./s1. The Labute approximate surface area is 154 Å². The Morgan fingerprint density at radius 1 is 1.08 bits per heavy atom. The summed E-state index contributed by atoms with van der Waals surface area (Å²) in [5.41, 5.74) is 0.717. The van der Waals surface area contributed by atoms with Crippen LogP contribution in [0.25, 0.3) is 0 Å². The SMILES string of the molecule is CC.C[C@]12C=CC(=O)CC1CCC1C2CC[C@@]2(C)C1CC[C@@H]2CCO. The van der Waals surface area contributed by atoms with Gasteiger partial charge in [-0.2, -0.15) is 0 Å². The van der Waals surface area contributed by atoms with Gasteiger partial charge in [0.2, 0.25) is 0 Å². The van der Waals surface area contributed by atoms with Crippen molar-refractivity contribution in [2.24, 2.45) is 40.4 Å². The molecule has 4 aliphatic carbocycles. The van der Waals surface area contributed by atoms with E-state index >= 15 is 0 Å². The highest BCUT2D eigenvalue weighted by molar-refractivity contribution is 5.91. The molecule has 7 atom stereocenters. The lowest BCUT2D eigenvalue weighted by atomic mass is 9.46. The van der Waals surface area contributed by atoms with E-state index in [2.05, 4.69) is 19.9 Å². The molecule has 0 aromatic heterocycles. The van der Waals surface area contributed by atoms with Crippen molar-refractivity contribution in [1.29, 1.82) is 0 Å². The lowest BCUT2D eigenvalue weighted by Gasteiger charge is -2.59. The van der Waals surface area contributed by atoms with Gasteiger partial charge in [0.05, 0.1) is 0 Å². The van der Waals surface area contributed by atoms with Crippen LogP contribution in [0.3, 0.4) is 0 Å². The number of aliphatic hydroxyl groups excluding tert-OH is 1. The van der Waals surface area contributed by atoms with Gasteiger partial charge < -0.3 is 5.11 Å².